The Labute approximate surface area is 140 Å². The van der Waals surface area contributed by atoms with Crippen molar-refractivity contribution < 1.29 is 17.9 Å². The van der Waals surface area contributed by atoms with Crippen LogP contribution >= 0.6 is 0 Å². The number of hydrogen-bond acceptors (Lipinski definition) is 7. The molecule has 0 bridgehead atoms. The molecule has 10 heteroatoms. The quantitative estimate of drug-likeness (QED) is 0.770. The van der Waals surface area contributed by atoms with E-state index in [1.807, 2.05) is 0 Å². The molecule has 130 valence electrons. The largest absolute Gasteiger partial charge is 0.381 e. The lowest BCUT2D eigenvalue weighted by atomic mass is 10.0. The van der Waals surface area contributed by atoms with Crippen LogP contribution in [-0.4, -0.2) is 60.6 Å². The van der Waals surface area contributed by atoms with Crippen LogP contribution in [0, 0.1) is 5.92 Å². The topological polar surface area (TPSA) is 108 Å². The molecule has 0 spiro atoms. The first-order valence-electron chi connectivity index (χ1n) is 7.51. The molecule has 1 aliphatic rings. The van der Waals surface area contributed by atoms with Crippen LogP contribution in [0.1, 0.15) is 6.42 Å². The number of rotatable bonds is 7. The number of aromatic nitrogens is 4. The zero-order valence-electron chi connectivity index (χ0n) is 13.2. The Hall–Kier alpha value is -2.04. The van der Waals surface area contributed by atoms with E-state index < -0.39 is 16.1 Å². The van der Waals surface area contributed by atoms with Gasteiger partial charge in [-0.3, -0.25) is 9.71 Å². The fraction of sp³-hybridized carbons (Fsp3) is 0.500. The predicted octanol–water partition coefficient (Wildman–Crippen LogP) is 0.455. The summed E-state index contributed by atoms with van der Waals surface area (Å²) in [5.41, 5.74) is 0.879. The number of pyridine rings is 1. The van der Waals surface area contributed by atoms with Gasteiger partial charge in [-0.25, -0.2) is 13.1 Å². The second-order valence-electron chi connectivity index (χ2n) is 5.52. The summed E-state index contributed by atoms with van der Waals surface area (Å²) in [6, 6.07) is 1.66. The van der Waals surface area contributed by atoms with E-state index in [4.69, 9.17) is 9.47 Å². The minimum absolute atomic E-state index is 0.0789. The van der Waals surface area contributed by atoms with Gasteiger partial charge in [0.25, 0.3) is 0 Å². The molecule has 0 saturated carbocycles. The van der Waals surface area contributed by atoms with E-state index in [0.717, 1.165) is 6.42 Å². The average Bonchev–Trinajstić information content (AvgIpc) is 3.26. The summed E-state index contributed by atoms with van der Waals surface area (Å²) in [6.07, 6.45) is 6.51. The minimum atomic E-state index is -3.63. The van der Waals surface area contributed by atoms with E-state index in [0.29, 0.717) is 24.6 Å². The molecule has 24 heavy (non-hydrogen) atoms. The zero-order valence-corrected chi connectivity index (χ0v) is 14.0. The maximum absolute atomic E-state index is 12.5. The highest BCUT2D eigenvalue weighted by molar-refractivity contribution is 7.92. The second kappa shape index (κ2) is 7.24. The molecule has 0 aliphatic carbocycles. The Bertz CT molecular complexity index is 759. The van der Waals surface area contributed by atoms with Gasteiger partial charge in [0, 0.05) is 25.8 Å². The normalized spacial score (nSPS) is 19.3. The molecule has 0 radical (unpaired) electrons. The van der Waals surface area contributed by atoms with Gasteiger partial charge in [0.15, 0.2) is 0 Å². The van der Waals surface area contributed by atoms with E-state index in [2.05, 4.69) is 20.0 Å². The third kappa shape index (κ3) is 3.89. The van der Waals surface area contributed by atoms with Gasteiger partial charge in [0.2, 0.25) is 10.0 Å². The molecule has 1 aliphatic heterocycles. The molecule has 2 aromatic heterocycles. The lowest BCUT2D eigenvalue weighted by molar-refractivity contribution is 0.0612. The lowest BCUT2D eigenvalue weighted by Crippen LogP contribution is -2.34. The van der Waals surface area contributed by atoms with Crippen LogP contribution in [0.4, 0.5) is 5.69 Å². The number of anilines is 1. The summed E-state index contributed by atoms with van der Waals surface area (Å²) in [7, 11) is -2.11. The van der Waals surface area contributed by atoms with E-state index in [-0.39, 0.29) is 11.7 Å². The van der Waals surface area contributed by atoms with Crippen LogP contribution in [-0.2, 0) is 19.5 Å². The molecule has 2 aromatic rings. The van der Waals surface area contributed by atoms with Crippen LogP contribution in [0.2, 0.25) is 0 Å². The Morgan fingerprint density at radius 2 is 2.38 bits per heavy atom. The number of nitrogens with one attached hydrogen (secondary N) is 1. The molecule has 2 atom stereocenters. The van der Waals surface area contributed by atoms with Crippen molar-refractivity contribution in [2.24, 2.45) is 5.92 Å². The van der Waals surface area contributed by atoms with Gasteiger partial charge < -0.3 is 9.47 Å². The molecule has 1 fully saturated rings. The van der Waals surface area contributed by atoms with Crippen molar-refractivity contribution in [2.75, 3.05) is 30.8 Å². The van der Waals surface area contributed by atoms with Gasteiger partial charge >= 0.3 is 0 Å². The van der Waals surface area contributed by atoms with Gasteiger partial charge in [-0.2, -0.15) is 0 Å². The number of methoxy groups -OCH3 is 1. The standard InChI is InChI=1S/C14H19N5O4S/c1-22-14(11-3-7-23-9-11)10-24(20,21)17-12-8-15-4-2-13(12)19-6-5-16-18-19/h2,4-6,8,11,14,17H,3,7,9-10H2,1H3. The monoisotopic (exact) mass is 353 g/mol. The third-order valence-electron chi connectivity index (χ3n) is 3.91. The summed E-state index contributed by atoms with van der Waals surface area (Å²) >= 11 is 0. The van der Waals surface area contributed by atoms with Crippen LogP contribution in [0.5, 0.6) is 0 Å². The summed E-state index contributed by atoms with van der Waals surface area (Å²) < 4.78 is 39.8. The molecule has 0 aromatic carbocycles. The summed E-state index contributed by atoms with van der Waals surface area (Å²) in [4.78, 5) is 3.98. The number of hydrogen-bond donors (Lipinski definition) is 1. The third-order valence-corrected chi connectivity index (χ3v) is 5.21. The molecule has 0 amide bonds. The first-order chi connectivity index (χ1) is 11.6. The second-order valence-corrected chi connectivity index (χ2v) is 7.29. The van der Waals surface area contributed by atoms with Crippen molar-refractivity contribution in [1.82, 2.24) is 20.0 Å². The smallest absolute Gasteiger partial charge is 0.235 e. The fourth-order valence-electron chi connectivity index (χ4n) is 2.67. The summed E-state index contributed by atoms with van der Waals surface area (Å²) in [6.45, 7) is 1.15. The van der Waals surface area contributed by atoms with Gasteiger partial charge in [-0.05, 0) is 12.5 Å². The van der Waals surface area contributed by atoms with Gasteiger partial charge in [-0.1, -0.05) is 5.21 Å². The highest BCUT2D eigenvalue weighted by Gasteiger charge is 2.30. The Balaban J connectivity index is 1.77. The van der Waals surface area contributed by atoms with Crippen LogP contribution in [0.15, 0.2) is 30.9 Å². The van der Waals surface area contributed by atoms with E-state index in [1.54, 1.807) is 18.5 Å². The minimum Gasteiger partial charge on any atom is -0.381 e. The lowest BCUT2D eigenvalue weighted by Gasteiger charge is -2.21. The number of ether oxygens (including phenoxy) is 2. The van der Waals surface area contributed by atoms with E-state index in [9.17, 15) is 8.42 Å². The zero-order chi connectivity index (χ0) is 17.0. The van der Waals surface area contributed by atoms with Gasteiger partial charge in [0.05, 0.1) is 48.4 Å². The Morgan fingerprint density at radius 1 is 1.50 bits per heavy atom. The number of nitrogens with zero attached hydrogens (tertiary/aromatic N) is 4. The molecule has 3 rings (SSSR count). The van der Waals surface area contributed by atoms with Crippen LogP contribution in [0.25, 0.3) is 5.69 Å². The molecular formula is C14H19N5O4S. The van der Waals surface area contributed by atoms with Crippen molar-refractivity contribution in [3.05, 3.63) is 30.9 Å². The van der Waals surface area contributed by atoms with Crippen LogP contribution < -0.4 is 4.72 Å². The highest BCUT2D eigenvalue weighted by atomic mass is 32.2. The SMILES string of the molecule is COC(CS(=O)(=O)Nc1cnccc1-n1ccnn1)C1CCOC1. The van der Waals surface area contributed by atoms with Crippen molar-refractivity contribution >= 4 is 15.7 Å². The molecular weight excluding hydrogens is 334 g/mol. The van der Waals surface area contributed by atoms with Crippen molar-refractivity contribution in [3.63, 3.8) is 0 Å². The van der Waals surface area contributed by atoms with Crippen LogP contribution in [0.3, 0.4) is 0 Å². The first kappa shape index (κ1) is 16.8. The van der Waals surface area contributed by atoms with Crippen molar-refractivity contribution in [3.8, 4) is 5.69 Å². The maximum atomic E-state index is 12.5. The first-order valence-corrected chi connectivity index (χ1v) is 9.16. The molecule has 3 heterocycles. The van der Waals surface area contributed by atoms with Crippen molar-refractivity contribution in [1.29, 1.82) is 0 Å². The van der Waals surface area contributed by atoms with Crippen molar-refractivity contribution in [2.45, 2.75) is 12.5 Å². The fourth-order valence-corrected chi connectivity index (χ4v) is 4.09. The van der Waals surface area contributed by atoms with Gasteiger partial charge in [-0.15, -0.1) is 5.10 Å². The molecule has 1 N–H and O–H groups in total. The molecule has 1 saturated heterocycles. The van der Waals surface area contributed by atoms with Gasteiger partial charge in [0.1, 0.15) is 0 Å². The predicted molar refractivity (Wildman–Crippen MR) is 86.3 cm³/mol. The highest BCUT2D eigenvalue weighted by Crippen LogP contribution is 2.23. The van der Waals surface area contributed by atoms with E-state index in [1.165, 1.54) is 24.2 Å². The maximum Gasteiger partial charge on any atom is 0.235 e. The molecule has 2 unspecified atom stereocenters. The average molecular weight is 353 g/mol. The Kier molecular flexibility index (Phi) is 5.07. The van der Waals surface area contributed by atoms with E-state index >= 15 is 0 Å². The summed E-state index contributed by atoms with van der Waals surface area (Å²) in [5, 5.41) is 7.61. The number of sulfonamides is 1. The Morgan fingerprint density at radius 3 is 3.04 bits per heavy atom. The summed E-state index contributed by atoms with van der Waals surface area (Å²) in [5.74, 6) is -0.0706. The molecule has 9 nitrogen and oxygen atoms in total.